The molecule has 3 aromatic rings. The second-order valence-electron chi connectivity index (χ2n) is 10.4. The van der Waals surface area contributed by atoms with Gasteiger partial charge in [0.15, 0.2) is 0 Å². The molecule has 198 valence electrons. The maximum Gasteiger partial charge on any atom is 0.335 e. The molecule has 1 N–H and O–H groups in total. The normalized spacial score (nSPS) is 17.9. The number of hydrogen-bond acceptors (Lipinski definition) is 2. The predicted molar refractivity (Wildman–Crippen MR) is 154 cm³/mol. The highest BCUT2D eigenvalue weighted by molar-refractivity contribution is 6.36. The van der Waals surface area contributed by atoms with Gasteiger partial charge in [0.25, 0.3) is 0 Å². The molecule has 5 rings (SSSR count). The number of rotatable bonds is 8. The Kier molecular flexibility index (Phi) is 8.52. The lowest BCUT2D eigenvalue weighted by atomic mass is 9.86. The number of aryl methyl sites for hydroxylation is 1. The highest BCUT2D eigenvalue weighted by Crippen LogP contribution is 2.42. The van der Waals surface area contributed by atoms with Gasteiger partial charge in [0, 0.05) is 23.1 Å². The zero-order valence-electron chi connectivity index (χ0n) is 21.4. The summed E-state index contributed by atoms with van der Waals surface area (Å²) >= 11 is 12.9. The van der Waals surface area contributed by atoms with Gasteiger partial charge in [-0.2, -0.15) is 0 Å². The highest BCUT2D eigenvalue weighted by Gasteiger charge is 2.24. The van der Waals surface area contributed by atoms with Crippen molar-refractivity contribution in [2.24, 2.45) is 5.92 Å². The SMILES string of the molecule is O=C(O)c1ccc2c(c1)CCCC(c1ccc(Cl)cc1Cl)=C2c1ccc(CC2CCN(CCCF)C2)cc1. The largest absolute Gasteiger partial charge is 0.478 e. The van der Waals surface area contributed by atoms with E-state index >= 15 is 0 Å². The minimum Gasteiger partial charge on any atom is -0.478 e. The summed E-state index contributed by atoms with van der Waals surface area (Å²) in [6.45, 7) is 2.68. The van der Waals surface area contributed by atoms with E-state index in [0.717, 1.165) is 85.1 Å². The van der Waals surface area contributed by atoms with E-state index in [4.69, 9.17) is 23.2 Å². The summed E-state index contributed by atoms with van der Waals surface area (Å²) in [5.74, 6) is -0.320. The maximum atomic E-state index is 12.6. The van der Waals surface area contributed by atoms with E-state index in [2.05, 4.69) is 29.2 Å². The molecule has 1 atom stereocenters. The Hall–Kier alpha value is -2.66. The van der Waals surface area contributed by atoms with Gasteiger partial charge >= 0.3 is 5.97 Å². The van der Waals surface area contributed by atoms with Gasteiger partial charge in [-0.15, -0.1) is 0 Å². The molecule has 6 heteroatoms. The molecule has 3 nitrogen and oxygen atoms in total. The maximum absolute atomic E-state index is 12.6. The molecule has 38 heavy (non-hydrogen) atoms. The molecule has 1 aliphatic carbocycles. The standard InChI is InChI=1S/C32H32Cl2FNO2/c33-26-10-12-28(30(34)19-26)29-4-1-3-24-18-25(32(37)38)9-11-27(24)31(29)23-7-5-21(6-8-23)17-22-13-16-36(20-22)15-2-14-35/h5-12,18-19,22H,1-4,13-17,20H2,(H,37,38). The van der Waals surface area contributed by atoms with Crippen molar-refractivity contribution in [3.8, 4) is 0 Å². The van der Waals surface area contributed by atoms with Gasteiger partial charge in [0.1, 0.15) is 0 Å². The van der Waals surface area contributed by atoms with Crippen molar-refractivity contribution in [3.63, 3.8) is 0 Å². The molecule has 0 saturated carbocycles. The van der Waals surface area contributed by atoms with Crippen molar-refractivity contribution in [2.45, 2.75) is 38.5 Å². The molecule has 1 unspecified atom stereocenters. The minimum atomic E-state index is -0.914. The first-order chi connectivity index (χ1) is 18.4. The highest BCUT2D eigenvalue weighted by atomic mass is 35.5. The second-order valence-corrected chi connectivity index (χ2v) is 11.3. The van der Waals surface area contributed by atoms with Crippen molar-refractivity contribution in [3.05, 3.63) is 104 Å². The molecular formula is C32H32Cl2FNO2. The zero-order chi connectivity index (χ0) is 26.6. The summed E-state index contributed by atoms with van der Waals surface area (Å²) in [5.41, 5.74) is 8.02. The molecule has 0 aromatic heterocycles. The number of carboxylic acids is 1. The molecule has 0 bridgehead atoms. The zero-order valence-corrected chi connectivity index (χ0v) is 22.9. The number of carbonyl (C=O) groups is 1. The molecule has 1 heterocycles. The van der Waals surface area contributed by atoms with Crippen LogP contribution in [0.3, 0.4) is 0 Å². The fraction of sp³-hybridized carbons (Fsp3) is 0.344. The molecule has 2 aliphatic rings. The van der Waals surface area contributed by atoms with E-state index in [9.17, 15) is 14.3 Å². The van der Waals surface area contributed by atoms with Gasteiger partial charge in [-0.3, -0.25) is 4.39 Å². The predicted octanol–water partition coefficient (Wildman–Crippen LogP) is 8.21. The van der Waals surface area contributed by atoms with Gasteiger partial charge in [-0.25, -0.2) is 4.79 Å². The summed E-state index contributed by atoms with van der Waals surface area (Å²) in [6, 6.07) is 19.9. The van der Waals surface area contributed by atoms with E-state index in [0.29, 0.717) is 27.9 Å². The summed E-state index contributed by atoms with van der Waals surface area (Å²) in [7, 11) is 0. The average Bonchev–Trinajstić information content (AvgIpc) is 3.26. The van der Waals surface area contributed by atoms with Gasteiger partial charge in [-0.05, 0) is 114 Å². The number of carboxylic acid groups (broad SMARTS) is 1. The molecule has 1 aliphatic heterocycles. The number of benzene rings is 3. The van der Waals surface area contributed by atoms with Crippen LogP contribution in [-0.2, 0) is 12.8 Å². The third-order valence-corrected chi connectivity index (χ3v) is 8.35. The Morgan fingerprint density at radius 2 is 1.79 bits per heavy atom. The smallest absolute Gasteiger partial charge is 0.335 e. The Balaban J connectivity index is 1.51. The number of hydrogen-bond donors (Lipinski definition) is 1. The van der Waals surface area contributed by atoms with Crippen LogP contribution in [0.25, 0.3) is 11.1 Å². The fourth-order valence-corrected chi connectivity index (χ4v) is 6.48. The summed E-state index contributed by atoms with van der Waals surface area (Å²) in [4.78, 5) is 14.1. The Bertz CT molecular complexity index is 1350. The molecule has 3 aromatic carbocycles. The van der Waals surface area contributed by atoms with Crippen LogP contribution < -0.4 is 0 Å². The van der Waals surface area contributed by atoms with Gasteiger partial charge in [0.2, 0.25) is 0 Å². The molecule has 1 saturated heterocycles. The van der Waals surface area contributed by atoms with Crippen LogP contribution in [0, 0.1) is 5.92 Å². The fourth-order valence-electron chi connectivity index (χ4n) is 5.96. The number of alkyl halides is 1. The first kappa shape index (κ1) is 26.9. The molecule has 0 spiro atoms. The number of halogens is 3. The summed E-state index contributed by atoms with van der Waals surface area (Å²) in [6.07, 6.45) is 5.30. The number of fused-ring (bicyclic) bond motifs is 1. The summed E-state index contributed by atoms with van der Waals surface area (Å²) < 4.78 is 12.6. The monoisotopic (exact) mass is 551 g/mol. The van der Waals surface area contributed by atoms with Crippen LogP contribution in [0.4, 0.5) is 4.39 Å². The van der Waals surface area contributed by atoms with Crippen molar-refractivity contribution in [1.29, 1.82) is 0 Å². The first-order valence-electron chi connectivity index (χ1n) is 13.4. The van der Waals surface area contributed by atoms with Crippen LogP contribution in [0.5, 0.6) is 0 Å². The number of nitrogens with zero attached hydrogens (tertiary/aromatic N) is 1. The molecule has 1 fully saturated rings. The van der Waals surface area contributed by atoms with E-state index in [1.807, 2.05) is 24.3 Å². The van der Waals surface area contributed by atoms with Gasteiger partial charge in [0.05, 0.1) is 12.2 Å². The van der Waals surface area contributed by atoms with Crippen LogP contribution >= 0.6 is 23.2 Å². The van der Waals surface area contributed by atoms with E-state index in [1.54, 1.807) is 12.1 Å². The number of allylic oxidation sites excluding steroid dienone is 1. The van der Waals surface area contributed by atoms with E-state index in [1.165, 1.54) is 5.56 Å². The number of aromatic carboxylic acids is 1. The Morgan fingerprint density at radius 1 is 1.00 bits per heavy atom. The van der Waals surface area contributed by atoms with Crippen LogP contribution in [-0.4, -0.2) is 42.3 Å². The van der Waals surface area contributed by atoms with E-state index < -0.39 is 5.97 Å². The number of likely N-dealkylation sites (tertiary alicyclic amines) is 1. The Labute approximate surface area is 233 Å². The second kappa shape index (κ2) is 12.0. The topological polar surface area (TPSA) is 40.5 Å². The molecule has 0 amide bonds. The lowest BCUT2D eigenvalue weighted by Crippen LogP contribution is -2.22. The quantitative estimate of drug-likeness (QED) is 0.306. The molecule has 0 radical (unpaired) electrons. The van der Waals surface area contributed by atoms with Crippen LogP contribution in [0.15, 0.2) is 60.7 Å². The van der Waals surface area contributed by atoms with Crippen LogP contribution in [0.1, 0.15) is 63.9 Å². The lowest BCUT2D eigenvalue weighted by molar-refractivity contribution is 0.0696. The molecular weight excluding hydrogens is 520 g/mol. The van der Waals surface area contributed by atoms with Crippen molar-refractivity contribution < 1.29 is 14.3 Å². The average molecular weight is 553 g/mol. The van der Waals surface area contributed by atoms with Crippen molar-refractivity contribution in [1.82, 2.24) is 4.90 Å². The van der Waals surface area contributed by atoms with Gasteiger partial charge in [-0.1, -0.05) is 59.6 Å². The third-order valence-electron chi connectivity index (χ3n) is 7.80. The third kappa shape index (κ3) is 5.98. The lowest BCUT2D eigenvalue weighted by Gasteiger charge is -2.19. The van der Waals surface area contributed by atoms with Gasteiger partial charge < -0.3 is 10.0 Å². The van der Waals surface area contributed by atoms with Crippen molar-refractivity contribution >= 4 is 40.3 Å². The van der Waals surface area contributed by atoms with E-state index in [-0.39, 0.29) is 6.67 Å². The minimum absolute atomic E-state index is 0.248. The Morgan fingerprint density at radius 3 is 2.53 bits per heavy atom. The van der Waals surface area contributed by atoms with Crippen LogP contribution in [0.2, 0.25) is 10.0 Å². The first-order valence-corrected chi connectivity index (χ1v) is 14.1. The van der Waals surface area contributed by atoms with Crippen molar-refractivity contribution in [2.75, 3.05) is 26.3 Å². The summed E-state index contributed by atoms with van der Waals surface area (Å²) in [5, 5.41) is 10.8.